The summed E-state index contributed by atoms with van der Waals surface area (Å²) in [7, 11) is 1.47. The molecule has 1 unspecified atom stereocenters. The Morgan fingerprint density at radius 1 is 1.06 bits per heavy atom. The summed E-state index contributed by atoms with van der Waals surface area (Å²) in [4.78, 5) is 37.3. The number of benzene rings is 3. The van der Waals surface area contributed by atoms with Gasteiger partial charge >= 0.3 is 0 Å². The molecule has 0 aliphatic carbocycles. The lowest BCUT2D eigenvalue weighted by Crippen LogP contribution is -2.43. The quantitative estimate of drug-likeness (QED) is 0.207. The Hall–Kier alpha value is -4.72. The van der Waals surface area contributed by atoms with E-state index in [1.807, 2.05) is 24.3 Å². The predicted molar refractivity (Wildman–Crippen MR) is 136 cm³/mol. The fraction of sp³-hybridized carbons (Fsp3) is 0.107. The van der Waals surface area contributed by atoms with Gasteiger partial charge in [0.2, 0.25) is 11.7 Å². The minimum Gasteiger partial charge on any atom is -0.495 e. The van der Waals surface area contributed by atoms with Gasteiger partial charge in [0.05, 0.1) is 30.2 Å². The standard InChI is InChI=1S/C28H21FN4O3/c1-28(26(34)20-13-18-17-5-3-4-6-19(17)32-21(18)14-31-20)24-22(11-12-23(36-2)25(24)30)33(27(28)35)16-9-7-15(29)8-10-16/h3-14,32H,30H2,1-2H3. The Bertz CT molecular complexity index is 1710. The van der Waals surface area contributed by atoms with Crippen molar-refractivity contribution in [3.05, 3.63) is 90.0 Å². The van der Waals surface area contributed by atoms with E-state index >= 15 is 0 Å². The van der Waals surface area contributed by atoms with Gasteiger partial charge in [-0.3, -0.25) is 19.5 Å². The first-order valence-electron chi connectivity index (χ1n) is 11.3. The number of anilines is 3. The monoisotopic (exact) mass is 480 g/mol. The predicted octanol–water partition coefficient (Wildman–Crippen LogP) is 5.26. The molecular weight excluding hydrogens is 459 g/mol. The first kappa shape index (κ1) is 21.8. The van der Waals surface area contributed by atoms with Gasteiger partial charge in [0, 0.05) is 27.5 Å². The molecule has 6 rings (SSSR count). The number of halogens is 1. The van der Waals surface area contributed by atoms with Crippen LogP contribution in [0.5, 0.6) is 5.75 Å². The average Bonchev–Trinajstić information content (AvgIpc) is 3.37. The van der Waals surface area contributed by atoms with Crippen LogP contribution in [0, 0.1) is 5.82 Å². The summed E-state index contributed by atoms with van der Waals surface area (Å²) in [5, 5.41) is 1.77. The molecule has 0 saturated carbocycles. The van der Waals surface area contributed by atoms with Gasteiger partial charge in [0.15, 0.2) is 0 Å². The van der Waals surface area contributed by atoms with Crippen LogP contribution < -0.4 is 15.4 Å². The molecule has 1 aliphatic rings. The van der Waals surface area contributed by atoms with Gasteiger partial charge < -0.3 is 15.5 Å². The van der Waals surface area contributed by atoms with Crippen LogP contribution in [0.15, 0.2) is 72.9 Å². The number of aromatic amines is 1. The van der Waals surface area contributed by atoms with Crippen molar-refractivity contribution in [2.75, 3.05) is 17.7 Å². The van der Waals surface area contributed by atoms with E-state index in [1.165, 1.54) is 36.3 Å². The van der Waals surface area contributed by atoms with E-state index in [0.29, 0.717) is 22.7 Å². The van der Waals surface area contributed by atoms with Crippen molar-refractivity contribution >= 4 is 50.6 Å². The molecule has 5 aromatic rings. The van der Waals surface area contributed by atoms with Gasteiger partial charge in [0.1, 0.15) is 22.7 Å². The Kier molecular flexibility index (Phi) is 4.63. The third-order valence-corrected chi connectivity index (χ3v) is 6.94. The maximum atomic E-state index is 14.1. The highest BCUT2D eigenvalue weighted by atomic mass is 19.1. The second-order valence-corrected chi connectivity index (χ2v) is 8.93. The van der Waals surface area contributed by atoms with E-state index in [-0.39, 0.29) is 11.4 Å². The number of carbonyl (C=O) groups excluding carboxylic acids is 2. The number of aromatic nitrogens is 2. The van der Waals surface area contributed by atoms with E-state index < -0.39 is 22.9 Å². The van der Waals surface area contributed by atoms with Gasteiger partial charge in [-0.1, -0.05) is 18.2 Å². The topological polar surface area (TPSA) is 101 Å². The van der Waals surface area contributed by atoms with Crippen molar-refractivity contribution in [1.29, 1.82) is 0 Å². The number of Topliss-reactive ketones (excluding diaryl/α,β-unsaturated/α-hetero) is 1. The summed E-state index contributed by atoms with van der Waals surface area (Å²) in [6, 6.07) is 18.3. The molecular formula is C28H21FN4O3. The lowest BCUT2D eigenvalue weighted by molar-refractivity contribution is -0.120. The van der Waals surface area contributed by atoms with Gasteiger partial charge in [-0.25, -0.2) is 4.39 Å². The second kappa shape index (κ2) is 7.64. The maximum absolute atomic E-state index is 14.1. The Labute approximate surface area is 205 Å². The molecule has 3 N–H and O–H groups in total. The highest BCUT2D eigenvalue weighted by Crippen LogP contribution is 2.51. The number of hydrogen-bond acceptors (Lipinski definition) is 5. The van der Waals surface area contributed by atoms with Crippen LogP contribution in [0.25, 0.3) is 21.8 Å². The minimum atomic E-state index is -1.69. The number of hydrogen-bond donors (Lipinski definition) is 2. The number of fused-ring (bicyclic) bond motifs is 4. The van der Waals surface area contributed by atoms with E-state index in [9.17, 15) is 14.0 Å². The number of para-hydroxylation sites is 1. The van der Waals surface area contributed by atoms with Crippen LogP contribution in [0.4, 0.5) is 21.5 Å². The number of pyridine rings is 1. The molecule has 8 heteroatoms. The molecule has 0 spiro atoms. The maximum Gasteiger partial charge on any atom is 0.250 e. The molecule has 2 aromatic heterocycles. The molecule has 1 amide bonds. The molecule has 1 atom stereocenters. The molecule has 0 bridgehead atoms. The highest BCUT2D eigenvalue weighted by molar-refractivity contribution is 6.29. The molecule has 7 nitrogen and oxygen atoms in total. The molecule has 0 fully saturated rings. The molecule has 1 aliphatic heterocycles. The third kappa shape index (κ3) is 2.87. The summed E-state index contributed by atoms with van der Waals surface area (Å²) in [5.74, 6) is -1.09. The normalized spacial score (nSPS) is 17.1. The van der Waals surface area contributed by atoms with Crippen LogP contribution in [0.2, 0.25) is 0 Å². The zero-order valence-electron chi connectivity index (χ0n) is 19.5. The Morgan fingerprint density at radius 3 is 2.56 bits per heavy atom. The van der Waals surface area contributed by atoms with Crippen molar-refractivity contribution in [1.82, 2.24) is 9.97 Å². The summed E-state index contributed by atoms with van der Waals surface area (Å²) in [6.07, 6.45) is 1.60. The summed E-state index contributed by atoms with van der Waals surface area (Å²) >= 11 is 0. The molecule has 3 heterocycles. The van der Waals surface area contributed by atoms with Crippen LogP contribution in [0.1, 0.15) is 23.0 Å². The fourth-order valence-corrected chi connectivity index (χ4v) is 5.11. The van der Waals surface area contributed by atoms with E-state index in [2.05, 4.69) is 9.97 Å². The fourth-order valence-electron chi connectivity index (χ4n) is 5.11. The number of ketones is 1. The van der Waals surface area contributed by atoms with Gasteiger partial charge in [-0.15, -0.1) is 0 Å². The number of H-pyrrole nitrogens is 1. The lowest BCUT2D eigenvalue weighted by Gasteiger charge is -2.23. The molecule has 0 saturated heterocycles. The van der Waals surface area contributed by atoms with Crippen LogP contribution >= 0.6 is 0 Å². The van der Waals surface area contributed by atoms with E-state index in [0.717, 1.165) is 21.8 Å². The van der Waals surface area contributed by atoms with Crippen molar-refractivity contribution < 1.29 is 18.7 Å². The van der Waals surface area contributed by atoms with Crippen molar-refractivity contribution in [3.63, 3.8) is 0 Å². The first-order chi connectivity index (χ1) is 17.3. The Balaban J connectivity index is 1.56. The van der Waals surface area contributed by atoms with Crippen molar-refractivity contribution in [2.45, 2.75) is 12.3 Å². The number of nitrogens with two attached hydrogens (primary N) is 1. The summed E-state index contributed by atoms with van der Waals surface area (Å²) < 4.78 is 19.0. The zero-order chi connectivity index (χ0) is 25.2. The van der Waals surface area contributed by atoms with Crippen LogP contribution in [0.3, 0.4) is 0 Å². The number of nitrogens with zero attached hydrogens (tertiary/aromatic N) is 2. The molecule has 36 heavy (non-hydrogen) atoms. The van der Waals surface area contributed by atoms with Crippen LogP contribution in [-0.2, 0) is 10.2 Å². The van der Waals surface area contributed by atoms with Crippen molar-refractivity contribution in [2.24, 2.45) is 0 Å². The second-order valence-electron chi connectivity index (χ2n) is 8.93. The van der Waals surface area contributed by atoms with Gasteiger partial charge in [-0.05, 0) is 55.5 Å². The minimum absolute atomic E-state index is 0.136. The number of ether oxygens (including phenoxy) is 1. The number of carbonyl (C=O) groups is 2. The smallest absolute Gasteiger partial charge is 0.250 e. The molecule has 3 aromatic carbocycles. The van der Waals surface area contributed by atoms with Crippen molar-refractivity contribution in [3.8, 4) is 5.75 Å². The first-order valence-corrected chi connectivity index (χ1v) is 11.3. The average molecular weight is 480 g/mol. The SMILES string of the molecule is COc1ccc2c(c1N)C(C)(C(=O)c1cc3c(cn1)[nH]c1ccccc13)C(=O)N2c1ccc(F)cc1. The largest absolute Gasteiger partial charge is 0.495 e. The number of nitrogen functional groups attached to an aromatic ring is 1. The van der Waals surface area contributed by atoms with E-state index in [4.69, 9.17) is 10.5 Å². The van der Waals surface area contributed by atoms with Gasteiger partial charge in [0.25, 0.3) is 0 Å². The summed E-state index contributed by atoms with van der Waals surface area (Å²) in [6.45, 7) is 1.55. The van der Waals surface area contributed by atoms with Gasteiger partial charge in [-0.2, -0.15) is 0 Å². The lowest BCUT2D eigenvalue weighted by atomic mass is 9.77. The number of amides is 1. The number of methoxy groups -OCH3 is 1. The third-order valence-electron chi connectivity index (χ3n) is 6.94. The summed E-state index contributed by atoms with van der Waals surface area (Å²) in [5.41, 5.74) is 8.01. The van der Waals surface area contributed by atoms with Crippen LogP contribution in [-0.4, -0.2) is 28.8 Å². The van der Waals surface area contributed by atoms with E-state index in [1.54, 1.807) is 31.3 Å². The number of nitrogens with one attached hydrogen (secondary N) is 1. The Morgan fingerprint density at radius 2 is 1.81 bits per heavy atom. The number of rotatable bonds is 4. The zero-order valence-corrected chi connectivity index (χ0v) is 19.5. The molecule has 178 valence electrons. The highest BCUT2D eigenvalue weighted by Gasteiger charge is 2.55. The molecule has 0 radical (unpaired) electrons.